The summed E-state index contributed by atoms with van der Waals surface area (Å²) in [6, 6.07) is 0. The lowest BCUT2D eigenvalue weighted by molar-refractivity contribution is 0.426. The Hall–Kier alpha value is 0.690. The van der Waals surface area contributed by atoms with E-state index in [9.17, 15) is 0 Å². The molecule has 11 heavy (non-hydrogen) atoms. The number of rotatable bonds is 7. The van der Waals surface area contributed by atoms with Crippen LogP contribution in [-0.2, 0) is 0 Å². The van der Waals surface area contributed by atoms with E-state index in [1.807, 2.05) is 7.05 Å². The summed E-state index contributed by atoms with van der Waals surface area (Å²) in [6.45, 7) is 3.47. The maximum atomic E-state index is 3.26. The van der Waals surface area contributed by atoms with E-state index in [1.54, 1.807) is 0 Å². The Labute approximate surface area is 84.5 Å². The summed E-state index contributed by atoms with van der Waals surface area (Å²) in [5, 5.41) is 3.26. The second-order valence-corrected chi connectivity index (χ2v) is 4.12. The lowest BCUT2D eigenvalue weighted by Gasteiger charge is -2.14. The van der Waals surface area contributed by atoms with Crippen molar-refractivity contribution >= 4 is 22.6 Å². The zero-order valence-corrected chi connectivity index (χ0v) is 9.86. The second kappa shape index (κ2) is 8.78. The first-order chi connectivity index (χ1) is 5.35. The zero-order chi connectivity index (χ0) is 8.53. The summed E-state index contributed by atoms with van der Waals surface area (Å²) in [5.74, 6) is 0.916. The van der Waals surface area contributed by atoms with E-state index in [1.165, 1.54) is 36.7 Å². The van der Waals surface area contributed by atoms with Crippen LogP contribution in [0.3, 0.4) is 0 Å². The van der Waals surface area contributed by atoms with Crippen LogP contribution in [0.2, 0.25) is 0 Å². The quantitative estimate of drug-likeness (QED) is 0.553. The molecule has 0 saturated carbocycles. The topological polar surface area (TPSA) is 12.0 Å². The van der Waals surface area contributed by atoms with Gasteiger partial charge in [-0.1, -0.05) is 35.9 Å². The van der Waals surface area contributed by atoms with Crippen molar-refractivity contribution in [3.8, 4) is 0 Å². The Bertz CT molecular complexity index is 70.0. The highest BCUT2D eigenvalue weighted by molar-refractivity contribution is 14.1. The van der Waals surface area contributed by atoms with Crippen molar-refractivity contribution in [2.75, 3.05) is 18.0 Å². The van der Waals surface area contributed by atoms with Crippen LogP contribution in [0.4, 0.5) is 0 Å². The molecule has 0 heterocycles. The molecular weight excluding hydrogens is 249 g/mol. The third kappa shape index (κ3) is 7.06. The van der Waals surface area contributed by atoms with Crippen LogP contribution in [0.1, 0.15) is 32.6 Å². The van der Waals surface area contributed by atoms with Crippen molar-refractivity contribution in [3.63, 3.8) is 0 Å². The van der Waals surface area contributed by atoms with E-state index in [2.05, 4.69) is 34.8 Å². The van der Waals surface area contributed by atoms with E-state index in [4.69, 9.17) is 0 Å². The number of halogens is 1. The second-order valence-electron chi connectivity index (χ2n) is 3.04. The van der Waals surface area contributed by atoms with Crippen LogP contribution in [0, 0.1) is 5.92 Å². The van der Waals surface area contributed by atoms with Gasteiger partial charge < -0.3 is 5.32 Å². The predicted octanol–water partition coefficient (Wildman–Crippen LogP) is 2.84. The fourth-order valence-corrected chi connectivity index (χ4v) is 1.85. The van der Waals surface area contributed by atoms with E-state index < -0.39 is 0 Å². The summed E-state index contributed by atoms with van der Waals surface area (Å²) in [6.07, 6.45) is 5.50. The Kier molecular flexibility index (Phi) is 9.33. The minimum absolute atomic E-state index is 0.916. The SMILES string of the molecule is CCCC(CCCI)CNC. The van der Waals surface area contributed by atoms with Crippen molar-refractivity contribution in [3.05, 3.63) is 0 Å². The fraction of sp³-hybridized carbons (Fsp3) is 1.00. The molecule has 1 atom stereocenters. The molecule has 0 amide bonds. The summed E-state index contributed by atoms with van der Waals surface area (Å²) >= 11 is 2.46. The van der Waals surface area contributed by atoms with Crippen molar-refractivity contribution in [1.82, 2.24) is 5.32 Å². The number of alkyl halides is 1. The molecule has 2 heteroatoms. The van der Waals surface area contributed by atoms with Gasteiger partial charge in [0.1, 0.15) is 0 Å². The van der Waals surface area contributed by atoms with E-state index >= 15 is 0 Å². The van der Waals surface area contributed by atoms with Crippen LogP contribution < -0.4 is 5.32 Å². The van der Waals surface area contributed by atoms with Gasteiger partial charge in [-0.25, -0.2) is 0 Å². The smallest absolute Gasteiger partial charge is 0.000462 e. The summed E-state index contributed by atoms with van der Waals surface area (Å²) in [4.78, 5) is 0. The van der Waals surface area contributed by atoms with E-state index in [0.29, 0.717) is 0 Å². The molecule has 0 aromatic heterocycles. The number of hydrogen-bond donors (Lipinski definition) is 1. The fourth-order valence-electron chi connectivity index (χ4n) is 1.41. The average Bonchev–Trinajstić information content (AvgIpc) is 2.01. The van der Waals surface area contributed by atoms with Gasteiger partial charge >= 0.3 is 0 Å². The van der Waals surface area contributed by atoms with Crippen LogP contribution in [0.5, 0.6) is 0 Å². The van der Waals surface area contributed by atoms with Crippen LogP contribution in [-0.4, -0.2) is 18.0 Å². The molecule has 0 aliphatic rings. The molecular formula is C9H20IN. The normalized spacial score (nSPS) is 13.4. The highest BCUT2D eigenvalue weighted by atomic mass is 127. The van der Waals surface area contributed by atoms with Crippen molar-refractivity contribution < 1.29 is 0 Å². The van der Waals surface area contributed by atoms with Crippen molar-refractivity contribution in [2.45, 2.75) is 32.6 Å². The maximum absolute atomic E-state index is 3.26. The lowest BCUT2D eigenvalue weighted by atomic mass is 9.98. The molecule has 0 bridgehead atoms. The molecule has 0 saturated heterocycles. The molecule has 0 aliphatic carbocycles. The predicted molar refractivity (Wildman–Crippen MR) is 60.4 cm³/mol. The molecule has 1 nitrogen and oxygen atoms in total. The Morgan fingerprint density at radius 2 is 2.09 bits per heavy atom. The highest BCUT2D eigenvalue weighted by Gasteiger charge is 2.04. The van der Waals surface area contributed by atoms with Crippen LogP contribution in [0.25, 0.3) is 0 Å². The van der Waals surface area contributed by atoms with Crippen molar-refractivity contribution in [1.29, 1.82) is 0 Å². The van der Waals surface area contributed by atoms with E-state index in [0.717, 1.165) is 5.92 Å². The molecule has 0 aliphatic heterocycles. The van der Waals surface area contributed by atoms with Crippen LogP contribution in [0.15, 0.2) is 0 Å². The van der Waals surface area contributed by atoms with E-state index in [-0.39, 0.29) is 0 Å². The van der Waals surface area contributed by atoms with Gasteiger partial charge in [0.2, 0.25) is 0 Å². The van der Waals surface area contributed by atoms with Gasteiger partial charge in [-0.05, 0) is 43.2 Å². The molecule has 0 aromatic rings. The van der Waals surface area contributed by atoms with Gasteiger partial charge in [0, 0.05) is 0 Å². The van der Waals surface area contributed by atoms with Crippen LogP contribution >= 0.6 is 22.6 Å². The minimum atomic E-state index is 0.916. The first-order valence-corrected chi connectivity index (χ1v) is 6.08. The molecule has 0 spiro atoms. The Morgan fingerprint density at radius 1 is 1.36 bits per heavy atom. The first-order valence-electron chi connectivity index (χ1n) is 4.55. The van der Waals surface area contributed by atoms with Gasteiger partial charge in [0.25, 0.3) is 0 Å². The largest absolute Gasteiger partial charge is 0.319 e. The minimum Gasteiger partial charge on any atom is -0.319 e. The molecule has 0 radical (unpaired) electrons. The summed E-state index contributed by atoms with van der Waals surface area (Å²) in [5.41, 5.74) is 0. The summed E-state index contributed by atoms with van der Waals surface area (Å²) in [7, 11) is 2.05. The Morgan fingerprint density at radius 3 is 2.55 bits per heavy atom. The highest BCUT2D eigenvalue weighted by Crippen LogP contribution is 2.13. The average molecular weight is 269 g/mol. The molecule has 68 valence electrons. The van der Waals surface area contributed by atoms with Crippen molar-refractivity contribution in [2.24, 2.45) is 5.92 Å². The number of hydrogen-bond acceptors (Lipinski definition) is 1. The van der Waals surface area contributed by atoms with Gasteiger partial charge in [-0.3, -0.25) is 0 Å². The Balaban J connectivity index is 3.34. The molecule has 0 rings (SSSR count). The maximum Gasteiger partial charge on any atom is -0.000462 e. The summed E-state index contributed by atoms with van der Waals surface area (Å²) < 4.78 is 1.31. The first kappa shape index (κ1) is 11.7. The molecule has 1 unspecified atom stereocenters. The monoisotopic (exact) mass is 269 g/mol. The number of nitrogens with one attached hydrogen (secondary N) is 1. The molecule has 0 aromatic carbocycles. The lowest BCUT2D eigenvalue weighted by Crippen LogP contribution is -2.18. The third-order valence-electron chi connectivity index (χ3n) is 1.94. The molecule has 1 N–H and O–H groups in total. The van der Waals surface area contributed by atoms with Gasteiger partial charge in [0.05, 0.1) is 0 Å². The standard InChI is InChI=1S/C9H20IN/c1-3-5-9(8-11-2)6-4-7-10/h9,11H,3-8H2,1-2H3. The van der Waals surface area contributed by atoms with Gasteiger partial charge in [0.15, 0.2) is 0 Å². The van der Waals surface area contributed by atoms with Gasteiger partial charge in [-0.2, -0.15) is 0 Å². The molecule has 0 fully saturated rings. The zero-order valence-electron chi connectivity index (χ0n) is 7.70. The third-order valence-corrected chi connectivity index (χ3v) is 2.70. The van der Waals surface area contributed by atoms with Gasteiger partial charge in [-0.15, -0.1) is 0 Å².